The first-order valence-electron chi connectivity index (χ1n) is 3.28. The quantitative estimate of drug-likeness (QED) is 0.683. The van der Waals surface area contributed by atoms with Crippen LogP contribution in [0.1, 0.15) is 0 Å². The van der Waals surface area contributed by atoms with E-state index in [0.29, 0.717) is 12.4 Å². The van der Waals surface area contributed by atoms with E-state index in [-0.39, 0.29) is 6.61 Å². The van der Waals surface area contributed by atoms with Crippen LogP contribution >= 0.6 is 11.5 Å². The number of hydrogen-bond acceptors (Lipinski definition) is 5. The predicted molar refractivity (Wildman–Crippen MR) is 46.9 cm³/mol. The van der Waals surface area contributed by atoms with E-state index in [1.807, 2.05) is 11.9 Å². The molecule has 1 aromatic rings. The van der Waals surface area contributed by atoms with Crippen molar-refractivity contribution < 1.29 is 5.11 Å². The van der Waals surface area contributed by atoms with Gasteiger partial charge in [-0.1, -0.05) is 0 Å². The molecule has 0 unspecified atom stereocenters. The maximum absolute atomic E-state index is 8.62. The molecule has 62 valence electrons. The first-order valence-corrected chi connectivity index (χ1v) is 4.05. The number of nitrogens with two attached hydrogens (primary N) is 1. The predicted octanol–water partition coefficient (Wildman–Crippen LogP) is 0.154. The Labute approximate surface area is 69.4 Å². The maximum Gasteiger partial charge on any atom is 0.139 e. The third-order valence-corrected chi connectivity index (χ3v) is 2.25. The topological polar surface area (TPSA) is 62.4 Å². The van der Waals surface area contributed by atoms with Crippen molar-refractivity contribution in [3.8, 4) is 0 Å². The average Bonchev–Trinajstić information content (AvgIpc) is 2.36. The molecule has 0 atom stereocenters. The normalized spacial score (nSPS) is 10.0. The third kappa shape index (κ3) is 2.06. The Hall–Kier alpha value is -0.810. The van der Waals surface area contributed by atoms with Crippen LogP contribution in [0, 0.1) is 0 Å². The standard InChI is InChI=1S/C6H11N3OS/c1-9(2-3-10)6-4-5(7)8-11-6/h4,10H,2-3H2,1H3,(H2,7,8). The number of nitrogen functional groups attached to an aromatic ring is 1. The Kier molecular flexibility index (Phi) is 2.67. The monoisotopic (exact) mass is 173 g/mol. The van der Waals surface area contributed by atoms with Gasteiger partial charge in [-0.25, -0.2) is 0 Å². The zero-order chi connectivity index (χ0) is 8.27. The molecule has 5 heteroatoms. The van der Waals surface area contributed by atoms with Crippen molar-refractivity contribution in [3.63, 3.8) is 0 Å². The van der Waals surface area contributed by atoms with E-state index in [9.17, 15) is 0 Å². The number of anilines is 2. The molecule has 1 rings (SSSR count). The summed E-state index contributed by atoms with van der Waals surface area (Å²) < 4.78 is 3.92. The Morgan fingerprint density at radius 1 is 1.82 bits per heavy atom. The Morgan fingerprint density at radius 3 is 3.00 bits per heavy atom. The molecule has 1 heterocycles. The summed E-state index contributed by atoms with van der Waals surface area (Å²) in [6.07, 6.45) is 0. The second-order valence-corrected chi connectivity index (χ2v) is 3.02. The summed E-state index contributed by atoms with van der Waals surface area (Å²) >= 11 is 1.34. The van der Waals surface area contributed by atoms with Crippen LogP contribution in [0.15, 0.2) is 6.07 Å². The number of aromatic nitrogens is 1. The number of nitrogens with zero attached hydrogens (tertiary/aromatic N) is 2. The Bertz CT molecular complexity index is 225. The van der Waals surface area contributed by atoms with Gasteiger partial charge in [-0.05, 0) is 11.5 Å². The highest BCUT2D eigenvalue weighted by Gasteiger charge is 2.02. The molecule has 11 heavy (non-hydrogen) atoms. The van der Waals surface area contributed by atoms with Crippen molar-refractivity contribution >= 4 is 22.4 Å². The van der Waals surface area contributed by atoms with Crippen molar-refractivity contribution in [2.75, 3.05) is 30.8 Å². The number of likely N-dealkylation sites (N-methyl/N-ethyl adjacent to an activating group) is 1. The van der Waals surface area contributed by atoms with Crippen LogP contribution in [0.4, 0.5) is 10.8 Å². The van der Waals surface area contributed by atoms with Crippen LogP contribution in [0.2, 0.25) is 0 Å². The summed E-state index contributed by atoms with van der Waals surface area (Å²) in [6.45, 7) is 0.760. The van der Waals surface area contributed by atoms with Crippen LogP contribution < -0.4 is 10.6 Å². The van der Waals surface area contributed by atoms with Crippen LogP contribution in [0.3, 0.4) is 0 Å². The molecule has 0 amide bonds. The Morgan fingerprint density at radius 2 is 2.55 bits per heavy atom. The summed E-state index contributed by atoms with van der Waals surface area (Å²) in [6, 6.07) is 1.79. The van der Waals surface area contributed by atoms with E-state index in [1.165, 1.54) is 11.5 Å². The second kappa shape index (κ2) is 3.54. The lowest BCUT2D eigenvalue weighted by Crippen LogP contribution is -2.19. The van der Waals surface area contributed by atoms with Gasteiger partial charge in [0.1, 0.15) is 10.8 Å². The van der Waals surface area contributed by atoms with Gasteiger partial charge in [-0.15, -0.1) is 0 Å². The van der Waals surface area contributed by atoms with E-state index in [4.69, 9.17) is 10.8 Å². The summed E-state index contributed by atoms with van der Waals surface area (Å²) in [4.78, 5) is 1.91. The molecule has 4 nitrogen and oxygen atoms in total. The van der Waals surface area contributed by atoms with Gasteiger partial charge in [0, 0.05) is 19.7 Å². The molecule has 0 radical (unpaired) electrons. The summed E-state index contributed by atoms with van der Waals surface area (Å²) in [5, 5.41) is 9.60. The molecule has 0 spiro atoms. The number of rotatable bonds is 3. The van der Waals surface area contributed by atoms with Crippen LogP contribution in [-0.4, -0.2) is 29.7 Å². The molecule has 0 bridgehead atoms. The van der Waals surface area contributed by atoms with E-state index in [1.54, 1.807) is 6.07 Å². The van der Waals surface area contributed by atoms with Gasteiger partial charge < -0.3 is 15.7 Å². The molecular formula is C6H11N3OS. The minimum absolute atomic E-state index is 0.147. The second-order valence-electron chi connectivity index (χ2n) is 2.24. The molecule has 3 N–H and O–H groups in total. The minimum atomic E-state index is 0.147. The van der Waals surface area contributed by atoms with Crippen molar-refractivity contribution in [3.05, 3.63) is 6.07 Å². The van der Waals surface area contributed by atoms with Crippen LogP contribution in [-0.2, 0) is 0 Å². The van der Waals surface area contributed by atoms with E-state index in [2.05, 4.69) is 4.37 Å². The highest BCUT2D eigenvalue weighted by atomic mass is 32.1. The van der Waals surface area contributed by atoms with Gasteiger partial charge in [0.15, 0.2) is 0 Å². The minimum Gasteiger partial charge on any atom is -0.395 e. The lowest BCUT2D eigenvalue weighted by molar-refractivity contribution is 0.304. The number of aliphatic hydroxyl groups excluding tert-OH is 1. The smallest absolute Gasteiger partial charge is 0.139 e. The van der Waals surface area contributed by atoms with Crippen molar-refractivity contribution in [1.29, 1.82) is 0 Å². The molecule has 0 aliphatic rings. The van der Waals surface area contributed by atoms with Crippen LogP contribution in [0.5, 0.6) is 0 Å². The molecule has 0 saturated heterocycles. The lowest BCUT2D eigenvalue weighted by atomic mass is 10.5. The van der Waals surface area contributed by atoms with Crippen molar-refractivity contribution in [1.82, 2.24) is 4.37 Å². The third-order valence-electron chi connectivity index (χ3n) is 1.33. The summed E-state index contributed by atoms with van der Waals surface area (Å²) in [5.74, 6) is 0.537. The first kappa shape index (κ1) is 8.29. The summed E-state index contributed by atoms with van der Waals surface area (Å²) in [5.41, 5.74) is 5.42. The highest BCUT2D eigenvalue weighted by molar-refractivity contribution is 7.10. The number of hydrogen-bond donors (Lipinski definition) is 2. The van der Waals surface area contributed by atoms with Gasteiger partial charge in [0.2, 0.25) is 0 Å². The molecule has 0 saturated carbocycles. The fraction of sp³-hybridized carbons (Fsp3) is 0.500. The van der Waals surface area contributed by atoms with E-state index < -0.39 is 0 Å². The average molecular weight is 173 g/mol. The number of aliphatic hydroxyl groups is 1. The molecule has 0 aliphatic carbocycles. The molecular weight excluding hydrogens is 162 g/mol. The van der Waals surface area contributed by atoms with E-state index >= 15 is 0 Å². The van der Waals surface area contributed by atoms with Gasteiger partial charge in [-0.2, -0.15) is 4.37 Å². The fourth-order valence-electron chi connectivity index (χ4n) is 0.719. The van der Waals surface area contributed by atoms with Gasteiger partial charge in [0.05, 0.1) is 6.61 Å². The van der Waals surface area contributed by atoms with Crippen molar-refractivity contribution in [2.24, 2.45) is 0 Å². The van der Waals surface area contributed by atoms with Gasteiger partial charge >= 0.3 is 0 Å². The van der Waals surface area contributed by atoms with Crippen LogP contribution in [0.25, 0.3) is 0 Å². The Balaban J connectivity index is 2.60. The SMILES string of the molecule is CN(CCO)c1cc(N)ns1. The zero-order valence-corrected chi connectivity index (χ0v) is 7.14. The van der Waals surface area contributed by atoms with Gasteiger partial charge in [-0.3, -0.25) is 0 Å². The van der Waals surface area contributed by atoms with Crippen molar-refractivity contribution in [2.45, 2.75) is 0 Å². The summed E-state index contributed by atoms with van der Waals surface area (Å²) in [7, 11) is 1.89. The zero-order valence-electron chi connectivity index (χ0n) is 6.32. The molecule has 0 aromatic carbocycles. The van der Waals surface area contributed by atoms with E-state index in [0.717, 1.165) is 5.00 Å². The first-order chi connectivity index (χ1) is 5.24. The molecule has 0 aliphatic heterocycles. The fourth-order valence-corrected chi connectivity index (χ4v) is 1.37. The van der Waals surface area contributed by atoms with Gasteiger partial charge in [0.25, 0.3) is 0 Å². The molecule has 0 fully saturated rings. The lowest BCUT2D eigenvalue weighted by Gasteiger charge is -2.13. The maximum atomic E-state index is 8.62. The molecule has 1 aromatic heterocycles. The highest BCUT2D eigenvalue weighted by Crippen LogP contribution is 2.20. The largest absolute Gasteiger partial charge is 0.395 e.